The minimum absolute atomic E-state index is 0.0819. The zero-order valence-corrected chi connectivity index (χ0v) is 24.7. The Labute approximate surface area is 240 Å². The van der Waals surface area contributed by atoms with Gasteiger partial charge in [0.15, 0.2) is 5.82 Å². The first-order valence-corrected chi connectivity index (χ1v) is 14.6. The van der Waals surface area contributed by atoms with Gasteiger partial charge in [-0.15, -0.1) is 0 Å². The second-order valence-corrected chi connectivity index (χ2v) is 13.4. The molecule has 1 saturated carbocycles. The van der Waals surface area contributed by atoms with Gasteiger partial charge >= 0.3 is 0 Å². The fraction of sp³-hybridized carbons (Fsp3) is 0.600. The van der Waals surface area contributed by atoms with Crippen molar-refractivity contribution in [3.05, 3.63) is 46.1 Å². The van der Waals surface area contributed by atoms with Crippen LogP contribution in [0, 0.1) is 24.2 Å². The van der Waals surface area contributed by atoms with E-state index in [0.29, 0.717) is 49.6 Å². The van der Waals surface area contributed by atoms with Gasteiger partial charge in [-0.25, -0.2) is 0 Å². The smallest absolute Gasteiger partial charge is 0.245 e. The molecule has 0 bridgehead atoms. The fourth-order valence-electron chi connectivity index (χ4n) is 7.23. The highest BCUT2D eigenvalue weighted by Crippen LogP contribution is 2.52. The molecule has 2 fully saturated rings. The molecule has 1 aromatic heterocycles. The molecule has 9 nitrogen and oxygen atoms in total. The zero-order valence-electron chi connectivity index (χ0n) is 23.9. The molecular formula is C30H40ClN5O4. The minimum Gasteiger partial charge on any atom is -0.384 e. The van der Waals surface area contributed by atoms with Gasteiger partial charge < -0.3 is 20.6 Å². The maximum absolute atomic E-state index is 13.8. The number of nitrogens with one attached hydrogen (secondary N) is 3. The van der Waals surface area contributed by atoms with Crippen LogP contribution in [0.1, 0.15) is 76.6 Å². The number of carbonyl (C=O) groups is 3. The van der Waals surface area contributed by atoms with Gasteiger partial charge in [0.25, 0.3) is 0 Å². The van der Waals surface area contributed by atoms with Crippen molar-refractivity contribution in [1.82, 2.24) is 20.4 Å². The van der Waals surface area contributed by atoms with Gasteiger partial charge in [0.2, 0.25) is 17.7 Å². The molecule has 5 rings (SSSR count). The third-order valence-electron chi connectivity index (χ3n) is 9.53. The first-order valence-electron chi connectivity index (χ1n) is 14.2. The number of fused-ring (bicyclic) bond motifs is 2. The number of aliphatic hydroxyl groups is 1. The number of hydrogen-bond acceptors (Lipinski definition) is 5. The molecule has 2 aliphatic heterocycles. The molecule has 0 radical (unpaired) electrons. The van der Waals surface area contributed by atoms with Crippen molar-refractivity contribution >= 4 is 35.1 Å². The summed E-state index contributed by atoms with van der Waals surface area (Å²) in [5.41, 5.74) is 0.543. The number of likely N-dealkylation sites (tertiary alicyclic amines) is 1. The fourth-order valence-corrected chi connectivity index (χ4v) is 7.36. The number of nitrogens with zero attached hydrogens (tertiary/aromatic N) is 2. The van der Waals surface area contributed by atoms with Crippen LogP contribution in [-0.4, -0.2) is 57.1 Å². The SMILES string of the molecule is Cc1[nH]nc2c1C1(CCC(C(=O)NC(C(=O)N3CCC(O)(c4ccc(Cl)cc4)C(C)(C)C3)C(C)C)C1)CC(=O)N2. The number of aromatic amines is 1. The van der Waals surface area contributed by atoms with E-state index in [4.69, 9.17) is 11.6 Å². The predicted octanol–water partition coefficient (Wildman–Crippen LogP) is 4.04. The lowest BCUT2D eigenvalue weighted by molar-refractivity contribution is -0.157. The van der Waals surface area contributed by atoms with Crippen LogP contribution in [-0.2, 0) is 25.4 Å². The second-order valence-electron chi connectivity index (χ2n) is 13.0. The van der Waals surface area contributed by atoms with Crippen molar-refractivity contribution < 1.29 is 19.5 Å². The zero-order chi connectivity index (χ0) is 29.0. The van der Waals surface area contributed by atoms with Crippen LogP contribution in [0.3, 0.4) is 0 Å². The van der Waals surface area contributed by atoms with E-state index >= 15 is 0 Å². The van der Waals surface area contributed by atoms with Gasteiger partial charge in [0.1, 0.15) is 6.04 Å². The topological polar surface area (TPSA) is 127 Å². The van der Waals surface area contributed by atoms with Gasteiger partial charge in [-0.1, -0.05) is 51.4 Å². The first-order chi connectivity index (χ1) is 18.8. The Morgan fingerprint density at radius 1 is 1.20 bits per heavy atom. The molecule has 3 aliphatic rings. The van der Waals surface area contributed by atoms with Crippen molar-refractivity contribution in [2.75, 3.05) is 18.4 Å². The Balaban J connectivity index is 1.28. The van der Waals surface area contributed by atoms with Crippen LogP contribution in [0.15, 0.2) is 24.3 Å². The van der Waals surface area contributed by atoms with E-state index in [0.717, 1.165) is 23.2 Å². The van der Waals surface area contributed by atoms with Crippen LogP contribution < -0.4 is 10.6 Å². The first kappa shape index (κ1) is 28.6. The summed E-state index contributed by atoms with van der Waals surface area (Å²) in [6.45, 7) is 10.5. The molecular weight excluding hydrogens is 530 g/mol. The van der Waals surface area contributed by atoms with Crippen molar-refractivity contribution in [2.45, 2.75) is 83.8 Å². The normalized spacial score (nSPS) is 28.4. The lowest BCUT2D eigenvalue weighted by Crippen LogP contribution is -2.60. The van der Waals surface area contributed by atoms with Gasteiger partial charge in [0.05, 0.1) is 5.60 Å². The lowest BCUT2D eigenvalue weighted by Gasteiger charge is -2.51. The van der Waals surface area contributed by atoms with Gasteiger partial charge in [-0.2, -0.15) is 5.10 Å². The van der Waals surface area contributed by atoms with Gasteiger partial charge in [-0.3, -0.25) is 19.5 Å². The number of anilines is 1. The second kappa shape index (κ2) is 10.2. The summed E-state index contributed by atoms with van der Waals surface area (Å²) in [4.78, 5) is 41.6. The number of H-pyrrole nitrogens is 1. The molecule has 4 atom stereocenters. The van der Waals surface area contributed by atoms with Gasteiger partial charge in [0, 0.05) is 52.5 Å². The molecule has 10 heteroatoms. The lowest BCUT2D eigenvalue weighted by atomic mass is 9.66. The third kappa shape index (κ3) is 4.81. The highest BCUT2D eigenvalue weighted by atomic mass is 35.5. The number of hydrogen-bond donors (Lipinski definition) is 4. The van der Waals surface area contributed by atoms with Gasteiger partial charge in [-0.05, 0) is 56.2 Å². The number of aromatic nitrogens is 2. The average molecular weight is 570 g/mol. The highest BCUT2D eigenvalue weighted by Gasteiger charge is 2.52. The predicted molar refractivity (Wildman–Crippen MR) is 153 cm³/mol. The number of piperidine rings is 1. The molecule has 4 N–H and O–H groups in total. The Morgan fingerprint density at radius 3 is 2.55 bits per heavy atom. The third-order valence-corrected chi connectivity index (χ3v) is 9.78. The number of aryl methyl sites for hydroxylation is 1. The van der Waals surface area contributed by atoms with Crippen LogP contribution in [0.2, 0.25) is 5.02 Å². The Bertz CT molecular complexity index is 1320. The maximum Gasteiger partial charge on any atom is 0.245 e. The van der Waals surface area contributed by atoms with E-state index in [9.17, 15) is 19.5 Å². The summed E-state index contributed by atoms with van der Waals surface area (Å²) in [6.07, 6.45) is 2.62. The molecule has 4 unspecified atom stereocenters. The van der Waals surface area contributed by atoms with E-state index in [-0.39, 0.29) is 29.6 Å². The van der Waals surface area contributed by atoms with E-state index in [1.54, 1.807) is 17.0 Å². The maximum atomic E-state index is 13.8. The summed E-state index contributed by atoms with van der Waals surface area (Å²) in [7, 11) is 0. The van der Waals surface area contributed by atoms with Crippen molar-refractivity contribution in [1.29, 1.82) is 0 Å². The molecule has 1 spiro atoms. The molecule has 3 amide bonds. The Hall–Kier alpha value is -2.91. The Morgan fingerprint density at radius 2 is 1.90 bits per heavy atom. The highest BCUT2D eigenvalue weighted by molar-refractivity contribution is 6.30. The Kier molecular flexibility index (Phi) is 7.28. The van der Waals surface area contributed by atoms with E-state index < -0.39 is 22.5 Å². The largest absolute Gasteiger partial charge is 0.384 e. The molecule has 216 valence electrons. The summed E-state index contributed by atoms with van der Waals surface area (Å²) >= 11 is 6.07. The van der Waals surface area contributed by atoms with Crippen LogP contribution in [0.5, 0.6) is 0 Å². The van der Waals surface area contributed by atoms with E-state index in [1.165, 1.54) is 0 Å². The van der Waals surface area contributed by atoms with Crippen LogP contribution in [0.4, 0.5) is 5.82 Å². The van der Waals surface area contributed by atoms with Crippen molar-refractivity contribution in [3.8, 4) is 0 Å². The molecule has 40 heavy (non-hydrogen) atoms. The molecule has 1 aromatic carbocycles. The summed E-state index contributed by atoms with van der Waals surface area (Å²) in [6, 6.07) is 6.55. The van der Waals surface area contributed by atoms with E-state index in [2.05, 4.69) is 20.8 Å². The number of amides is 3. The van der Waals surface area contributed by atoms with E-state index in [1.807, 2.05) is 46.8 Å². The minimum atomic E-state index is -1.11. The number of rotatable bonds is 5. The summed E-state index contributed by atoms with van der Waals surface area (Å²) < 4.78 is 0. The molecule has 2 aromatic rings. The molecule has 1 saturated heterocycles. The average Bonchev–Trinajstić information content (AvgIpc) is 3.47. The quantitative estimate of drug-likeness (QED) is 0.432. The summed E-state index contributed by atoms with van der Waals surface area (Å²) in [5.74, 6) is -0.207. The van der Waals surface area contributed by atoms with Crippen molar-refractivity contribution in [3.63, 3.8) is 0 Å². The number of carbonyl (C=O) groups excluding carboxylic acids is 3. The van der Waals surface area contributed by atoms with Crippen molar-refractivity contribution in [2.24, 2.45) is 17.3 Å². The van der Waals surface area contributed by atoms with Crippen LogP contribution in [0.25, 0.3) is 0 Å². The van der Waals surface area contributed by atoms with Crippen LogP contribution >= 0.6 is 11.6 Å². The summed E-state index contributed by atoms with van der Waals surface area (Å²) in [5, 5.41) is 25.5. The monoisotopic (exact) mass is 569 g/mol. The molecule has 3 heterocycles. The number of benzene rings is 1. The number of halogens is 1. The standard InChI is InChI=1S/C30H40ClN5O4/c1-17(2)24(27(39)36-13-12-30(40,28(4,5)16-36)20-6-8-21(31)9-7-20)33-26(38)19-10-11-29(14-19)15-22(37)32-25-23(29)18(3)34-35-25/h6-9,17,19,24,40H,10-16H2,1-5H3,(H,33,38)(H2,32,34,35,37). The molecule has 1 aliphatic carbocycles.